The Kier molecular flexibility index (Phi) is 7.34. The maximum Gasteiger partial charge on any atom is 0.104 e. The Labute approximate surface area is 216 Å². The second-order valence-electron chi connectivity index (χ2n) is 14.0. The standard InChI is InChI=1S/C28H48O8/c1-25(2)21(33-13-18-11-30-18)26(3,4)23(25)35-15-20(32-10-17-9-29-17)16-36-24-27(5,6)22(28(24,7)8)34-14-19-12-31-19/h17-24H,9-16H2,1-8H3. The van der Waals surface area contributed by atoms with E-state index in [1.54, 1.807) is 0 Å². The van der Waals surface area contributed by atoms with E-state index in [9.17, 15) is 0 Å². The lowest BCUT2D eigenvalue weighted by molar-refractivity contribution is -0.300. The lowest BCUT2D eigenvalue weighted by atomic mass is 9.51. The van der Waals surface area contributed by atoms with Crippen molar-refractivity contribution in [1.29, 1.82) is 0 Å². The molecule has 3 heterocycles. The van der Waals surface area contributed by atoms with E-state index in [1.165, 1.54) is 0 Å². The van der Waals surface area contributed by atoms with E-state index < -0.39 is 0 Å². The van der Waals surface area contributed by atoms with Crippen molar-refractivity contribution < 1.29 is 37.9 Å². The van der Waals surface area contributed by atoms with Crippen molar-refractivity contribution in [3.8, 4) is 0 Å². The Hall–Kier alpha value is -0.320. The Morgan fingerprint density at radius 1 is 0.528 bits per heavy atom. The largest absolute Gasteiger partial charge is 0.374 e. The van der Waals surface area contributed by atoms with Crippen molar-refractivity contribution in [3.63, 3.8) is 0 Å². The molecule has 8 heteroatoms. The van der Waals surface area contributed by atoms with Crippen molar-refractivity contribution >= 4 is 0 Å². The summed E-state index contributed by atoms with van der Waals surface area (Å²) < 4.78 is 47.9. The minimum absolute atomic E-state index is 0.0670. The summed E-state index contributed by atoms with van der Waals surface area (Å²) in [5, 5.41) is 0. The summed E-state index contributed by atoms with van der Waals surface area (Å²) in [4.78, 5) is 0. The normalized spacial score (nSPS) is 41.2. The van der Waals surface area contributed by atoms with E-state index in [1.807, 2.05) is 0 Å². The highest BCUT2D eigenvalue weighted by atomic mass is 16.6. The smallest absolute Gasteiger partial charge is 0.104 e. The zero-order valence-electron chi connectivity index (χ0n) is 23.5. The van der Waals surface area contributed by atoms with Gasteiger partial charge in [-0.3, -0.25) is 0 Å². The Morgan fingerprint density at radius 3 is 1.17 bits per heavy atom. The third-order valence-electron chi connectivity index (χ3n) is 8.93. The van der Waals surface area contributed by atoms with Crippen LogP contribution in [0.1, 0.15) is 55.4 Å². The highest BCUT2D eigenvalue weighted by Gasteiger charge is 2.65. The molecule has 36 heavy (non-hydrogen) atoms. The number of ether oxygens (including phenoxy) is 8. The quantitative estimate of drug-likeness (QED) is 0.309. The fourth-order valence-electron chi connectivity index (χ4n) is 7.61. The van der Waals surface area contributed by atoms with Gasteiger partial charge >= 0.3 is 0 Å². The summed E-state index contributed by atoms with van der Waals surface area (Å²) in [5.74, 6) is 0. The minimum atomic E-state index is -0.160. The lowest BCUT2D eigenvalue weighted by Gasteiger charge is -2.63. The van der Waals surface area contributed by atoms with E-state index in [0.29, 0.717) is 33.0 Å². The first kappa shape index (κ1) is 27.3. The van der Waals surface area contributed by atoms with E-state index in [-0.39, 0.29) is 70.5 Å². The number of hydrogen-bond acceptors (Lipinski definition) is 8. The van der Waals surface area contributed by atoms with Gasteiger partial charge in [0.25, 0.3) is 0 Å². The van der Waals surface area contributed by atoms with Crippen LogP contribution in [0.3, 0.4) is 0 Å². The molecular weight excluding hydrogens is 464 g/mol. The van der Waals surface area contributed by atoms with Gasteiger partial charge in [-0.1, -0.05) is 55.4 Å². The molecule has 0 aromatic carbocycles. The minimum Gasteiger partial charge on any atom is -0.374 e. The molecule has 3 saturated heterocycles. The van der Waals surface area contributed by atoms with Crippen molar-refractivity contribution in [3.05, 3.63) is 0 Å². The predicted molar refractivity (Wildman–Crippen MR) is 133 cm³/mol. The van der Waals surface area contributed by atoms with Crippen LogP contribution in [-0.4, -0.2) is 102 Å². The van der Waals surface area contributed by atoms with Crippen LogP contribution in [0, 0.1) is 21.7 Å². The van der Waals surface area contributed by atoms with Crippen molar-refractivity contribution in [2.45, 2.75) is 104 Å². The molecule has 0 radical (unpaired) electrons. The first-order valence-electron chi connectivity index (χ1n) is 13.8. The molecule has 8 nitrogen and oxygen atoms in total. The van der Waals surface area contributed by atoms with Crippen LogP contribution in [0.5, 0.6) is 0 Å². The molecule has 5 rings (SSSR count). The van der Waals surface area contributed by atoms with Crippen molar-refractivity contribution in [2.24, 2.45) is 21.7 Å². The molecule has 0 aromatic rings. The second kappa shape index (κ2) is 9.70. The molecule has 3 aliphatic heterocycles. The first-order chi connectivity index (χ1) is 16.8. The maximum atomic E-state index is 6.56. The van der Waals surface area contributed by atoms with Crippen LogP contribution in [0.15, 0.2) is 0 Å². The molecule has 5 fully saturated rings. The zero-order valence-corrected chi connectivity index (χ0v) is 23.5. The van der Waals surface area contributed by atoms with Crippen LogP contribution in [0.2, 0.25) is 0 Å². The third-order valence-corrected chi connectivity index (χ3v) is 8.93. The topological polar surface area (TPSA) is 83.7 Å². The van der Waals surface area contributed by atoms with Crippen LogP contribution in [0.25, 0.3) is 0 Å². The molecule has 2 aliphatic carbocycles. The molecule has 0 spiro atoms. The number of rotatable bonds is 15. The maximum absolute atomic E-state index is 6.56. The molecule has 5 aliphatic rings. The Morgan fingerprint density at radius 2 is 0.833 bits per heavy atom. The van der Waals surface area contributed by atoms with Gasteiger partial charge in [-0.25, -0.2) is 0 Å². The van der Waals surface area contributed by atoms with Crippen LogP contribution in [-0.2, 0) is 37.9 Å². The summed E-state index contributed by atoms with van der Waals surface area (Å²) in [7, 11) is 0. The number of hydrogen-bond donors (Lipinski definition) is 0. The first-order valence-corrected chi connectivity index (χ1v) is 13.8. The van der Waals surface area contributed by atoms with Crippen LogP contribution in [0.4, 0.5) is 0 Å². The van der Waals surface area contributed by atoms with E-state index in [0.717, 1.165) is 19.8 Å². The monoisotopic (exact) mass is 512 g/mol. The summed E-state index contributed by atoms with van der Waals surface area (Å²) in [6, 6.07) is 0. The van der Waals surface area contributed by atoms with Crippen LogP contribution < -0.4 is 0 Å². The molecule has 208 valence electrons. The Bertz CT molecular complexity index is 680. The van der Waals surface area contributed by atoms with Gasteiger partial charge in [0.15, 0.2) is 0 Å². The van der Waals surface area contributed by atoms with Gasteiger partial charge in [0.2, 0.25) is 0 Å². The van der Waals surface area contributed by atoms with Crippen LogP contribution >= 0.6 is 0 Å². The third kappa shape index (κ3) is 5.39. The molecular formula is C28H48O8. The van der Waals surface area contributed by atoms with E-state index in [4.69, 9.17) is 37.9 Å². The van der Waals surface area contributed by atoms with Gasteiger partial charge in [0.1, 0.15) is 24.4 Å². The SMILES string of the molecule is CC1(C)C(OCC2CO2)C(C)(C)C1OCC(COC1C(C)(C)C(OCC2CO2)C1(C)C)OCC1CO1. The predicted octanol–water partition coefficient (Wildman–Crippen LogP) is 3.24. The number of epoxide rings is 3. The molecule has 0 N–H and O–H groups in total. The van der Waals surface area contributed by atoms with E-state index in [2.05, 4.69) is 55.4 Å². The van der Waals surface area contributed by atoms with Gasteiger partial charge in [-0.05, 0) is 0 Å². The lowest BCUT2D eigenvalue weighted by Crippen LogP contribution is -2.70. The zero-order chi connectivity index (χ0) is 25.9. The highest BCUT2D eigenvalue weighted by Crippen LogP contribution is 2.58. The molecule has 0 bridgehead atoms. The molecule has 0 amide bonds. The highest BCUT2D eigenvalue weighted by molar-refractivity contribution is 5.13. The average Bonchev–Trinajstić information content (AvgIpc) is 3.62. The second-order valence-corrected chi connectivity index (χ2v) is 14.0. The van der Waals surface area contributed by atoms with Crippen molar-refractivity contribution in [2.75, 3.05) is 52.9 Å². The molecule has 3 atom stereocenters. The van der Waals surface area contributed by atoms with Gasteiger partial charge in [-0.15, -0.1) is 0 Å². The Balaban J connectivity index is 1.14. The fourth-order valence-corrected chi connectivity index (χ4v) is 7.61. The molecule has 3 unspecified atom stereocenters. The summed E-state index contributed by atoms with van der Waals surface area (Å²) in [6.07, 6.45) is 0.965. The average molecular weight is 513 g/mol. The van der Waals surface area contributed by atoms with Gasteiger partial charge < -0.3 is 37.9 Å². The summed E-state index contributed by atoms with van der Waals surface area (Å²) in [6.45, 7) is 23.1. The fraction of sp³-hybridized carbons (Fsp3) is 1.00. The van der Waals surface area contributed by atoms with Gasteiger partial charge in [0, 0.05) is 21.7 Å². The molecule has 2 saturated carbocycles. The summed E-state index contributed by atoms with van der Waals surface area (Å²) >= 11 is 0. The van der Waals surface area contributed by atoms with Crippen molar-refractivity contribution in [1.82, 2.24) is 0 Å². The van der Waals surface area contributed by atoms with Gasteiger partial charge in [0.05, 0.1) is 77.3 Å². The van der Waals surface area contributed by atoms with Gasteiger partial charge in [-0.2, -0.15) is 0 Å². The molecule has 0 aromatic heterocycles. The van der Waals surface area contributed by atoms with E-state index >= 15 is 0 Å². The summed E-state index contributed by atoms with van der Waals surface area (Å²) in [5.41, 5.74) is -0.344.